The second kappa shape index (κ2) is 6.80. The topological polar surface area (TPSA) is 49.8 Å². The zero-order valence-electron chi connectivity index (χ0n) is 9.45. The summed E-state index contributed by atoms with van der Waals surface area (Å²) in [6, 6.07) is 0. The minimum atomic E-state index is 0.0828. The first-order chi connectivity index (χ1) is 7.24. The number of hydrogen-bond donors (Lipinski definition) is 1. The second-order valence-electron chi connectivity index (χ2n) is 4.09. The zero-order valence-corrected chi connectivity index (χ0v) is 9.45. The van der Waals surface area contributed by atoms with Crippen LogP contribution in [0.3, 0.4) is 0 Å². The number of rotatable bonds is 5. The third-order valence-corrected chi connectivity index (χ3v) is 2.73. The maximum Gasteiger partial charge on any atom is 0.222 e. The minimum absolute atomic E-state index is 0.0828. The Bertz CT molecular complexity index is 190. The van der Waals surface area contributed by atoms with Gasteiger partial charge in [0, 0.05) is 33.2 Å². The van der Waals surface area contributed by atoms with E-state index in [1.165, 1.54) is 6.42 Å². The summed E-state index contributed by atoms with van der Waals surface area (Å²) < 4.78 is 5.56. The van der Waals surface area contributed by atoms with E-state index in [9.17, 15) is 4.79 Å². The average molecular weight is 215 g/mol. The highest BCUT2D eigenvalue weighted by Gasteiger charge is 2.18. The third-order valence-electron chi connectivity index (χ3n) is 2.73. The van der Waals surface area contributed by atoms with Crippen molar-refractivity contribution in [3.8, 4) is 0 Å². The molecular weight excluding hydrogens is 194 g/mol. The highest BCUT2D eigenvalue weighted by molar-refractivity contribution is 5.75. The van der Waals surface area contributed by atoms with E-state index in [4.69, 9.17) is 9.84 Å². The largest absolute Gasteiger partial charge is 0.396 e. The van der Waals surface area contributed by atoms with E-state index in [1.54, 1.807) is 11.9 Å². The number of carbonyl (C=O) groups is 1. The normalized spacial score (nSPS) is 21.3. The molecule has 1 unspecified atom stereocenters. The standard InChI is InChI=1S/C11H21NO3/c1-12(11(14)6-4-7-13)9-10-5-2-3-8-15-10/h10,13H,2-9H2,1H3. The van der Waals surface area contributed by atoms with Gasteiger partial charge in [0.25, 0.3) is 0 Å². The van der Waals surface area contributed by atoms with Crippen LogP contribution >= 0.6 is 0 Å². The second-order valence-corrected chi connectivity index (χ2v) is 4.09. The number of aliphatic hydroxyl groups excluding tert-OH is 1. The van der Waals surface area contributed by atoms with Crippen LogP contribution in [0.5, 0.6) is 0 Å². The molecule has 1 fully saturated rings. The summed E-state index contributed by atoms with van der Waals surface area (Å²) >= 11 is 0. The van der Waals surface area contributed by atoms with Crippen molar-refractivity contribution >= 4 is 5.91 Å². The Morgan fingerprint density at radius 2 is 2.33 bits per heavy atom. The lowest BCUT2D eigenvalue weighted by atomic mass is 10.1. The van der Waals surface area contributed by atoms with Crippen molar-refractivity contribution in [2.45, 2.75) is 38.2 Å². The Morgan fingerprint density at radius 1 is 1.53 bits per heavy atom. The fourth-order valence-corrected chi connectivity index (χ4v) is 1.78. The summed E-state index contributed by atoms with van der Waals surface area (Å²) in [5.74, 6) is 0.0956. The number of carbonyl (C=O) groups excluding carboxylic acids is 1. The Labute approximate surface area is 91.2 Å². The van der Waals surface area contributed by atoms with Crippen LogP contribution in [0.2, 0.25) is 0 Å². The molecule has 0 aliphatic carbocycles. The minimum Gasteiger partial charge on any atom is -0.396 e. The van der Waals surface area contributed by atoms with Gasteiger partial charge in [-0.1, -0.05) is 0 Å². The van der Waals surface area contributed by atoms with Gasteiger partial charge >= 0.3 is 0 Å². The molecule has 0 aromatic carbocycles. The highest BCUT2D eigenvalue weighted by atomic mass is 16.5. The van der Waals surface area contributed by atoms with Crippen molar-refractivity contribution in [3.05, 3.63) is 0 Å². The van der Waals surface area contributed by atoms with E-state index in [0.29, 0.717) is 19.4 Å². The van der Waals surface area contributed by atoms with Gasteiger partial charge in [0.2, 0.25) is 5.91 Å². The van der Waals surface area contributed by atoms with Gasteiger partial charge in [-0.3, -0.25) is 4.79 Å². The van der Waals surface area contributed by atoms with Gasteiger partial charge in [0.1, 0.15) is 0 Å². The van der Waals surface area contributed by atoms with Crippen LogP contribution in [0.4, 0.5) is 0 Å². The Morgan fingerprint density at radius 3 is 2.93 bits per heavy atom. The Kier molecular flexibility index (Phi) is 5.65. The molecule has 0 radical (unpaired) electrons. The molecule has 88 valence electrons. The summed E-state index contributed by atoms with van der Waals surface area (Å²) in [4.78, 5) is 13.2. The number of amides is 1. The first kappa shape index (κ1) is 12.5. The van der Waals surface area contributed by atoms with Gasteiger partial charge < -0.3 is 14.7 Å². The number of ether oxygens (including phenoxy) is 1. The quantitative estimate of drug-likeness (QED) is 0.737. The molecule has 0 aromatic heterocycles. The maximum atomic E-state index is 11.5. The Hall–Kier alpha value is -0.610. The summed E-state index contributed by atoms with van der Waals surface area (Å²) in [5, 5.41) is 8.62. The molecular formula is C11H21NO3. The molecule has 0 saturated carbocycles. The summed E-state index contributed by atoms with van der Waals surface area (Å²) in [7, 11) is 1.80. The predicted molar refractivity (Wildman–Crippen MR) is 57.5 cm³/mol. The SMILES string of the molecule is CN(CC1CCCCO1)C(=O)CCCO. The molecule has 0 aromatic rings. The van der Waals surface area contributed by atoms with Gasteiger partial charge in [0.15, 0.2) is 0 Å². The van der Waals surface area contributed by atoms with E-state index in [0.717, 1.165) is 19.4 Å². The molecule has 1 rings (SSSR count). The smallest absolute Gasteiger partial charge is 0.222 e. The molecule has 1 N–H and O–H groups in total. The van der Waals surface area contributed by atoms with Crippen LogP contribution < -0.4 is 0 Å². The molecule has 4 heteroatoms. The number of aliphatic hydroxyl groups is 1. The molecule has 15 heavy (non-hydrogen) atoms. The summed E-state index contributed by atoms with van der Waals surface area (Å²) in [6.45, 7) is 1.59. The van der Waals surface area contributed by atoms with Crippen molar-refractivity contribution in [1.82, 2.24) is 4.90 Å². The first-order valence-corrected chi connectivity index (χ1v) is 5.70. The van der Waals surface area contributed by atoms with Crippen LogP contribution in [0.15, 0.2) is 0 Å². The van der Waals surface area contributed by atoms with Gasteiger partial charge in [0.05, 0.1) is 6.10 Å². The van der Waals surface area contributed by atoms with E-state index < -0.39 is 0 Å². The van der Waals surface area contributed by atoms with Crippen LogP contribution in [0.25, 0.3) is 0 Å². The van der Waals surface area contributed by atoms with Crippen molar-refractivity contribution in [1.29, 1.82) is 0 Å². The van der Waals surface area contributed by atoms with Crippen LogP contribution in [0.1, 0.15) is 32.1 Å². The monoisotopic (exact) mass is 215 g/mol. The van der Waals surface area contributed by atoms with E-state index in [-0.39, 0.29) is 18.6 Å². The van der Waals surface area contributed by atoms with Crippen LogP contribution in [-0.4, -0.2) is 48.8 Å². The molecule has 0 bridgehead atoms. The van der Waals surface area contributed by atoms with E-state index >= 15 is 0 Å². The number of nitrogens with zero attached hydrogens (tertiary/aromatic N) is 1. The van der Waals surface area contributed by atoms with Gasteiger partial charge in [-0.15, -0.1) is 0 Å². The average Bonchev–Trinajstić information content (AvgIpc) is 2.27. The summed E-state index contributed by atoms with van der Waals surface area (Å²) in [5.41, 5.74) is 0. The maximum absolute atomic E-state index is 11.5. The zero-order chi connectivity index (χ0) is 11.1. The molecule has 1 aliphatic rings. The number of likely N-dealkylation sites (N-methyl/N-ethyl adjacent to an activating group) is 1. The van der Waals surface area contributed by atoms with Crippen molar-refractivity contribution in [3.63, 3.8) is 0 Å². The molecule has 1 saturated heterocycles. The van der Waals surface area contributed by atoms with Gasteiger partial charge in [-0.25, -0.2) is 0 Å². The van der Waals surface area contributed by atoms with Crippen molar-refractivity contribution in [2.75, 3.05) is 26.8 Å². The van der Waals surface area contributed by atoms with E-state index in [1.807, 2.05) is 0 Å². The van der Waals surface area contributed by atoms with Gasteiger partial charge in [-0.05, 0) is 25.7 Å². The first-order valence-electron chi connectivity index (χ1n) is 5.70. The lowest BCUT2D eigenvalue weighted by Crippen LogP contribution is -2.37. The predicted octanol–water partition coefficient (Wildman–Crippen LogP) is 0.786. The molecule has 1 amide bonds. The molecule has 0 spiro atoms. The lowest BCUT2D eigenvalue weighted by molar-refractivity contribution is -0.132. The van der Waals surface area contributed by atoms with Crippen molar-refractivity contribution in [2.24, 2.45) is 0 Å². The Balaban J connectivity index is 2.20. The molecule has 1 atom stereocenters. The third kappa shape index (κ3) is 4.62. The fraction of sp³-hybridized carbons (Fsp3) is 0.909. The van der Waals surface area contributed by atoms with Crippen LogP contribution in [0, 0.1) is 0 Å². The number of hydrogen-bond acceptors (Lipinski definition) is 3. The van der Waals surface area contributed by atoms with Crippen LogP contribution in [-0.2, 0) is 9.53 Å². The summed E-state index contributed by atoms with van der Waals surface area (Å²) in [6.07, 6.45) is 4.58. The van der Waals surface area contributed by atoms with Gasteiger partial charge in [-0.2, -0.15) is 0 Å². The highest BCUT2D eigenvalue weighted by Crippen LogP contribution is 2.13. The van der Waals surface area contributed by atoms with Crippen molar-refractivity contribution < 1.29 is 14.6 Å². The molecule has 1 heterocycles. The lowest BCUT2D eigenvalue weighted by Gasteiger charge is -2.27. The van der Waals surface area contributed by atoms with E-state index in [2.05, 4.69) is 0 Å². The molecule has 4 nitrogen and oxygen atoms in total. The molecule has 1 aliphatic heterocycles. The fourth-order valence-electron chi connectivity index (χ4n) is 1.78.